The van der Waals surface area contributed by atoms with Crippen LogP contribution in [0, 0.1) is 12.7 Å². The first-order valence-corrected chi connectivity index (χ1v) is 10.6. The summed E-state index contributed by atoms with van der Waals surface area (Å²) in [4.78, 5) is 24.2. The van der Waals surface area contributed by atoms with E-state index in [-0.39, 0.29) is 12.1 Å². The summed E-state index contributed by atoms with van der Waals surface area (Å²) in [5.74, 6) is -1.42. The number of carbonyl (C=O) groups excluding carboxylic acids is 2. The van der Waals surface area contributed by atoms with Crippen molar-refractivity contribution >= 4 is 18.0 Å². The van der Waals surface area contributed by atoms with E-state index < -0.39 is 17.6 Å². The molecule has 0 bridgehead atoms. The molecule has 0 spiro atoms. The number of rotatable bonds is 7. The summed E-state index contributed by atoms with van der Waals surface area (Å²) in [6, 6.07) is 22.7. The zero-order valence-electron chi connectivity index (χ0n) is 18.4. The number of aryl methyl sites for hydroxylation is 1. The number of hydrogen-bond donors (Lipinski definition) is 2. The first-order chi connectivity index (χ1) is 16.5. The Balaban J connectivity index is 1.46. The molecule has 0 aliphatic heterocycles. The van der Waals surface area contributed by atoms with Gasteiger partial charge >= 0.3 is 0 Å². The van der Waals surface area contributed by atoms with Gasteiger partial charge in [0, 0.05) is 22.9 Å². The third-order valence-corrected chi connectivity index (χ3v) is 4.96. The van der Waals surface area contributed by atoms with Crippen LogP contribution >= 0.6 is 0 Å². The van der Waals surface area contributed by atoms with Gasteiger partial charge in [-0.25, -0.2) is 14.5 Å². The Morgan fingerprint density at radius 3 is 2.53 bits per heavy atom. The molecule has 4 aromatic rings. The van der Waals surface area contributed by atoms with Crippen molar-refractivity contribution in [3.05, 3.63) is 108 Å². The van der Waals surface area contributed by atoms with E-state index in [0.29, 0.717) is 5.56 Å². The topological polar surface area (TPSA) is 88.4 Å². The lowest BCUT2D eigenvalue weighted by Crippen LogP contribution is -2.34. The summed E-state index contributed by atoms with van der Waals surface area (Å²) in [5, 5.41) is 11.2. The highest BCUT2D eigenvalue weighted by Crippen LogP contribution is 2.23. The molecule has 0 saturated carbocycles. The largest absolute Gasteiger partial charge is 0.343 e. The highest BCUT2D eigenvalue weighted by atomic mass is 19.1. The SMILES string of the molecule is Cc1cccc(-c2nn(-c3ccccc3)cc2/C=N\NC(=O)CNC(=O)c2ccc(F)cc2)c1. The third-order valence-electron chi connectivity index (χ3n) is 4.96. The number of aromatic nitrogens is 2. The monoisotopic (exact) mass is 455 g/mol. The molecule has 7 nitrogen and oxygen atoms in total. The standard InChI is InChI=1S/C26H22FN5O2/c1-18-6-5-7-20(14-18)25-21(17-32(31-25)23-8-3-2-4-9-23)15-29-30-24(33)16-28-26(34)19-10-12-22(27)13-11-19/h2-15,17H,16H2,1H3,(H,28,34)(H,30,33)/b29-15-. The van der Waals surface area contributed by atoms with Crippen LogP contribution in [0.2, 0.25) is 0 Å². The molecule has 4 rings (SSSR count). The molecule has 1 aromatic heterocycles. The Labute approximate surface area is 195 Å². The summed E-state index contributed by atoms with van der Waals surface area (Å²) in [6.07, 6.45) is 3.35. The van der Waals surface area contributed by atoms with Crippen molar-refractivity contribution < 1.29 is 14.0 Å². The minimum absolute atomic E-state index is 0.258. The highest BCUT2D eigenvalue weighted by molar-refractivity contribution is 5.96. The number of benzene rings is 3. The molecular weight excluding hydrogens is 433 g/mol. The predicted molar refractivity (Wildman–Crippen MR) is 128 cm³/mol. The van der Waals surface area contributed by atoms with Gasteiger partial charge in [0.15, 0.2) is 0 Å². The van der Waals surface area contributed by atoms with E-state index in [9.17, 15) is 14.0 Å². The minimum atomic E-state index is -0.501. The fourth-order valence-corrected chi connectivity index (χ4v) is 3.29. The second-order valence-corrected chi connectivity index (χ2v) is 7.57. The molecule has 0 aliphatic rings. The fourth-order valence-electron chi connectivity index (χ4n) is 3.29. The molecule has 0 aliphatic carbocycles. The van der Waals surface area contributed by atoms with Crippen LogP contribution in [0.1, 0.15) is 21.5 Å². The average Bonchev–Trinajstić information content (AvgIpc) is 3.28. The van der Waals surface area contributed by atoms with E-state index in [0.717, 1.165) is 22.5 Å². The lowest BCUT2D eigenvalue weighted by Gasteiger charge is -2.04. The molecule has 0 saturated heterocycles. The maximum Gasteiger partial charge on any atom is 0.259 e. The maximum atomic E-state index is 13.0. The van der Waals surface area contributed by atoms with Crippen LogP contribution in [-0.2, 0) is 4.79 Å². The summed E-state index contributed by atoms with van der Waals surface area (Å²) >= 11 is 0. The molecule has 1 heterocycles. The number of nitrogens with one attached hydrogen (secondary N) is 2. The molecule has 0 fully saturated rings. The Bertz CT molecular complexity index is 1330. The Hall–Kier alpha value is -4.59. The molecule has 2 N–H and O–H groups in total. The van der Waals surface area contributed by atoms with Crippen molar-refractivity contribution in [3.63, 3.8) is 0 Å². The van der Waals surface area contributed by atoms with Crippen molar-refractivity contribution in [1.29, 1.82) is 0 Å². The summed E-state index contributed by atoms with van der Waals surface area (Å²) in [6.45, 7) is 1.73. The van der Waals surface area contributed by atoms with Crippen molar-refractivity contribution in [3.8, 4) is 16.9 Å². The van der Waals surface area contributed by atoms with Gasteiger partial charge in [0.25, 0.3) is 11.8 Å². The van der Waals surface area contributed by atoms with Crippen LogP contribution in [0.15, 0.2) is 90.2 Å². The molecule has 0 radical (unpaired) electrons. The average molecular weight is 455 g/mol. The number of hydrogen-bond acceptors (Lipinski definition) is 4. The highest BCUT2D eigenvalue weighted by Gasteiger charge is 2.12. The molecular formula is C26H22FN5O2. The first-order valence-electron chi connectivity index (χ1n) is 10.6. The van der Waals surface area contributed by atoms with Crippen LogP contribution in [0.4, 0.5) is 4.39 Å². The first kappa shape index (κ1) is 22.6. The maximum absolute atomic E-state index is 13.0. The van der Waals surface area contributed by atoms with Crippen molar-refractivity contribution in [1.82, 2.24) is 20.5 Å². The summed E-state index contributed by atoms with van der Waals surface area (Å²) in [7, 11) is 0. The summed E-state index contributed by atoms with van der Waals surface area (Å²) < 4.78 is 14.7. The number of nitrogens with zero attached hydrogens (tertiary/aromatic N) is 3. The number of hydrazone groups is 1. The number of carbonyl (C=O) groups is 2. The van der Waals surface area contributed by atoms with Gasteiger partial charge in [-0.1, -0.05) is 42.0 Å². The Morgan fingerprint density at radius 1 is 1.03 bits per heavy atom. The van der Waals surface area contributed by atoms with Gasteiger partial charge in [0.2, 0.25) is 0 Å². The number of halogens is 1. The van der Waals surface area contributed by atoms with E-state index >= 15 is 0 Å². The van der Waals surface area contributed by atoms with Gasteiger partial charge < -0.3 is 5.32 Å². The van der Waals surface area contributed by atoms with Crippen LogP contribution in [0.5, 0.6) is 0 Å². The molecule has 0 atom stereocenters. The predicted octanol–water partition coefficient (Wildman–Crippen LogP) is 3.87. The van der Waals surface area contributed by atoms with Gasteiger partial charge in [-0.05, 0) is 49.4 Å². The van der Waals surface area contributed by atoms with Crippen molar-refractivity contribution in [2.45, 2.75) is 6.92 Å². The van der Waals surface area contributed by atoms with Gasteiger partial charge in [-0.3, -0.25) is 9.59 Å². The zero-order valence-corrected chi connectivity index (χ0v) is 18.4. The Morgan fingerprint density at radius 2 is 1.79 bits per heavy atom. The van der Waals surface area contributed by atoms with Gasteiger partial charge in [-0.2, -0.15) is 10.2 Å². The summed E-state index contributed by atoms with van der Waals surface area (Å²) in [5.41, 5.74) is 7.01. The Kier molecular flexibility index (Phi) is 6.88. The van der Waals surface area contributed by atoms with E-state index in [1.54, 1.807) is 4.68 Å². The van der Waals surface area contributed by atoms with Crippen LogP contribution in [0.3, 0.4) is 0 Å². The molecule has 8 heteroatoms. The van der Waals surface area contributed by atoms with Gasteiger partial charge in [0.1, 0.15) is 11.5 Å². The molecule has 2 amide bonds. The van der Waals surface area contributed by atoms with Crippen molar-refractivity contribution in [2.75, 3.05) is 6.54 Å². The number of amides is 2. The van der Waals surface area contributed by atoms with E-state index in [1.165, 1.54) is 30.5 Å². The quantitative estimate of drug-likeness (QED) is 0.328. The van der Waals surface area contributed by atoms with E-state index in [1.807, 2.05) is 67.7 Å². The normalized spacial score (nSPS) is 10.9. The molecule has 0 unspecified atom stereocenters. The van der Waals surface area contributed by atoms with E-state index in [2.05, 4.69) is 15.8 Å². The third kappa shape index (κ3) is 5.60. The van der Waals surface area contributed by atoms with Crippen LogP contribution in [-0.4, -0.2) is 34.4 Å². The zero-order chi connectivity index (χ0) is 23.9. The minimum Gasteiger partial charge on any atom is -0.343 e. The molecule has 3 aromatic carbocycles. The fraction of sp³-hybridized carbons (Fsp3) is 0.0769. The van der Waals surface area contributed by atoms with Crippen molar-refractivity contribution in [2.24, 2.45) is 5.10 Å². The second kappa shape index (κ2) is 10.4. The van der Waals surface area contributed by atoms with Crippen LogP contribution < -0.4 is 10.7 Å². The number of para-hydroxylation sites is 1. The van der Waals surface area contributed by atoms with Gasteiger partial charge in [0.05, 0.1) is 18.4 Å². The second-order valence-electron chi connectivity index (χ2n) is 7.57. The molecule has 34 heavy (non-hydrogen) atoms. The lowest BCUT2D eigenvalue weighted by atomic mass is 10.1. The van der Waals surface area contributed by atoms with Gasteiger partial charge in [-0.15, -0.1) is 0 Å². The smallest absolute Gasteiger partial charge is 0.259 e. The van der Waals surface area contributed by atoms with Crippen LogP contribution in [0.25, 0.3) is 16.9 Å². The lowest BCUT2D eigenvalue weighted by molar-refractivity contribution is -0.120. The van der Waals surface area contributed by atoms with E-state index in [4.69, 9.17) is 5.10 Å². The molecule has 170 valence electrons.